The van der Waals surface area contributed by atoms with Crippen molar-refractivity contribution >= 4 is 23.4 Å². The van der Waals surface area contributed by atoms with Crippen molar-refractivity contribution in [3.05, 3.63) is 64.9 Å². The van der Waals surface area contributed by atoms with Gasteiger partial charge in [-0.15, -0.1) is 11.8 Å². The number of rotatable bonds is 6. The molecular weight excluding hydrogens is 295 g/mol. The third kappa shape index (κ3) is 4.49. The van der Waals surface area contributed by atoms with Gasteiger partial charge in [-0.3, -0.25) is 11.3 Å². The van der Waals surface area contributed by atoms with Gasteiger partial charge in [0.1, 0.15) is 5.82 Å². The fraction of sp³-hybridized carbons (Fsp3) is 0.200. The summed E-state index contributed by atoms with van der Waals surface area (Å²) >= 11 is 7.51. The van der Waals surface area contributed by atoms with E-state index < -0.39 is 5.82 Å². The van der Waals surface area contributed by atoms with Crippen LogP contribution in [0, 0.1) is 5.82 Å². The molecule has 1 unspecified atom stereocenters. The van der Waals surface area contributed by atoms with Gasteiger partial charge >= 0.3 is 0 Å². The van der Waals surface area contributed by atoms with E-state index in [2.05, 4.69) is 17.6 Å². The van der Waals surface area contributed by atoms with Gasteiger partial charge in [0.2, 0.25) is 0 Å². The zero-order valence-electron chi connectivity index (χ0n) is 10.9. The van der Waals surface area contributed by atoms with Gasteiger partial charge in [-0.2, -0.15) is 0 Å². The standard InChI is InChI=1S/C15H16ClFN2S/c16-14-9-11(6-7-15(14)17)8-12(19-18)10-20-13-4-2-1-3-5-13/h1-7,9,12,19H,8,10,18H2. The Kier molecular flexibility index (Phi) is 5.86. The van der Waals surface area contributed by atoms with Crippen LogP contribution in [0.1, 0.15) is 5.56 Å². The molecule has 2 nitrogen and oxygen atoms in total. The number of nitrogens with two attached hydrogens (primary N) is 1. The summed E-state index contributed by atoms with van der Waals surface area (Å²) in [5.41, 5.74) is 3.76. The minimum Gasteiger partial charge on any atom is -0.271 e. The molecule has 106 valence electrons. The third-order valence-corrected chi connectivity index (χ3v) is 4.36. The van der Waals surface area contributed by atoms with Crippen LogP contribution in [-0.2, 0) is 6.42 Å². The fourth-order valence-corrected chi connectivity index (χ4v) is 2.99. The van der Waals surface area contributed by atoms with E-state index in [4.69, 9.17) is 17.4 Å². The maximum absolute atomic E-state index is 13.1. The first kappa shape index (κ1) is 15.3. The Hall–Kier alpha value is -1.07. The molecule has 0 fully saturated rings. The highest BCUT2D eigenvalue weighted by Gasteiger charge is 2.10. The number of benzene rings is 2. The molecule has 0 heterocycles. The first-order valence-electron chi connectivity index (χ1n) is 6.27. The minimum atomic E-state index is -0.397. The molecule has 20 heavy (non-hydrogen) atoms. The van der Waals surface area contributed by atoms with Gasteiger partial charge < -0.3 is 0 Å². The fourth-order valence-electron chi connectivity index (χ4n) is 1.83. The number of hydrogen-bond acceptors (Lipinski definition) is 3. The Balaban J connectivity index is 1.93. The van der Waals surface area contributed by atoms with Crippen molar-refractivity contribution in [2.75, 3.05) is 5.75 Å². The van der Waals surface area contributed by atoms with Crippen LogP contribution in [0.4, 0.5) is 4.39 Å². The summed E-state index contributed by atoms with van der Waals surface area (Å²) in [6.07, 6.45) is 0.705. The number of hydrazine groups is 1. The largest absolute Gasteiger partial charge is 0.271 e. The smallest absolute Gasteiger partial charge is 0.141 e. The number of hydrogen-bond donors (Lipinski definition) is 2. The Morgan fingerprint density at radius 2 is 1.95 bits per heavy atom. The molecule has 0 aromatic heterocycles. The zero-order valence-corrected chi connectivity index (χ0v) is 12.4. The molecule has 0 spiro atoms. The Morgan fingerprint density at radius 3 is 2.60 bits per heavy atom. The molecule has 0 aliphatic carbocycles. The summed E-state index contributed by atoms with van der Waals surface area (Å²) < 4.78 is 13.1. The van der Waals surface area contributed by atoms with Crippen molar-refractivity contribution in [3.63, 3.8) is 0 Å². The van der Waals surface area contributed by atoms with Crippen LogP contribution in [0.5, 0.6) is 0 Å². The second kappa shape index (κ2) is 7.64. The van der Waals surface area contributed by atoms with Crippen LogP contribution in [0.15, 0.2) is 53.4 Å². The summed E-state index contributed by atoms with van der Waals surface area (Å²) in [6, 6.07) is 15.0. The van der Waals surface area contributed by atoms with Crippen molar-refractivity contribution in [2.45, 2.75) is 17.4 Å². The second-order valence-electron chi connectivity index (χ2n) is 4.44. The van der Waals surface area contributed by atoms with Crippen LogP contribution in [0.2, 0.25) is 5.02 Å². The van der Waals surface area contributed by atoms with Crippen molar-refractivity contribution < 1.29 is 4.39 Å². The normalized spacial score (nSPS) is 12.3. The zero-order chi connectivity index (χ0) is 14.4. The van der Waals surface area contributed by atoms with Crippen molar-refractivity contribution in [1.29, 1.82) is 0 Å². The van der Waals surface area contributed by atoms with Gasteiger partial charge in [0.25, 0.3) is 0 Å². The number of halogens is 2. The molecule has 2 rings (SSSR count). The van der Waals surface area contributed by atoms with Crippen LogP contribution < -0.4 is 11.3 Å². The molecule has 0 aliphatic heterocycles. The van der Waals surface area contributed by atoms with Gasteiger partial charge in [-0.25, -0.2) is 4.39 Å². The minimum absolute atomic E-state index is 0.0988. The van der Waals surface area contributed by atoms with E-state index in [1.807, 2.05) is 18.2 Å². The lowest BCUT2D eigenvalue weighted by Crippen LogP contribution is -2.38. The SMILES string of the molecule is NNC(CSc1ccccc1)Cc1ccc(F)c(Cl)c1. The first-order valence-corrected chi connectivity index (χ1v) is 7.63. The average molecular weight is 311 g/mol. The number of thioether (sulfide) groups is 1. The molecule has 0 bridgehead atoms. The van der Waals surface area contributed by atoms with E-state index >= 15 is 0 Å². The quantitative estimate of drug-likeness (QED) is 0.486. The van der Waals surface area contributed by atoms with Crippen LogP contribution in [-0.4, -0.2) is 11.8 Å². The predicted octanol–water partition coefficient (Wildman–Crippen LogP) is 3.65. The lowest BCUT2D eigenvalue weighted by Gasteiger charge is -2.15. The molecule has 0 aliphatic rings. The topological polar surface area (TPSA) is 38.0 Å². The summed E-state index contributed by atoms with van der Waals surface area (Å²) in [6.45, 7) is 0. The lowest BCUT2D eigenvalue weighted by molar-refractivity contribution is 0.573. The van der Waals surface area contributed by atoms with E-state index in [0.29, 0.717) is 6.42 Å². The highest BCUT2D eigenvalue weighted by molar-refractivity contribution is 7.99. The van der Waals surface area contributed by atoms with E-state index in [9.17, 15) is 4.39 Å². The molecule has 1 atom stereocenters. The Morgan fingerprint density at radius 1 is 1.20 bits per heavy atom. The first-order chi connectivity index (χ1) is 9.69. The van der Waals surface area contributed by atoms with Gasteiger partial charge in [-0.1, -0.05) is 35.9 Å². The highest BCUT2D eigenvalue weighted by Crippen LogP contribution is 2.21. The molecule has 5 heteroatoms. The molecule has 0 radical (unpaired) electrons. The maximum atomic E-state index is 13.1. The van der Waals surface area contributed by atoms with Gasteiger partial charge in [0, 0.05) is 16.7 Å². The lowest BCUT2D eigenvalue weighted by atomic mass is 10.1. The maximum Gasteiger partial charge on any atom is 0.141 e. The summed E-state index contributed by atoms with van der Waals surface area (Å²) in [5, 5.41) is 0.147. The molecule has 0 saturated carbocycles. The summed E-state index contributed by atoms with van der Waals surface area (Å²) in [4.78, 5) is 1.20. The van der Waals surface area contributed by atoms with E-state index in [0.717, 1.165) is 11.3 Å². The van der Waals surface area contributed by atoms with E-state index in [1.54, 1.807) is 23.9 Å². The van der Waals surface area contributed by atoms with Crippen molar-refractivity contribution in [2.24, 2.45) is 5.84 Å². The third-order valence-electron chi connectivity index (χ3n) is 2.90. The molecular formula is C15H16ClFN2S. The highest BCUT2D eigenvalue weighted by atomic mass is 35.5. The van der Waals surface area contributed by atoms with Crippen LogP contribution in [0.3, 0.4) is 0 Å². The second-order valence-corrected chi connectivity index (χ2v) is 5.94. The van der Waals surface area contributed by atoms with Crippen LogP contribution in [0.25, 0.3) is 0 Å². The molecule has 2 aromatic carbocycles. The molecule has 0 amide bonds. The predicted molar refractivity (Wildman–Crippen MR) is 83.4 cm³/mol. The van der Waals surface area contributed by atoms with Crippen molar-refractivity contribution in [3.8, 4) is 0 Å². The van der Waals surface area contributed by atoms with Gasteiger partial charge in [0.15, 0.2) is 0 Å². The van der Waals surface area contributed by atoms with E-state index in [-0.39, 0.29) is 11.1 Å². The molecule has 3 N–H and O–H groups in total. The van der Waals surface area contributed by atoms with E-state index in [1.165, 1.54) is 11.0 Å². The van der Waals surface area contributed by atoms with Gasteiger partial charge in [0.05, 0.1) is 5.02 Å². The number of nitrogens with one attached hydrogen (secondary N) is 1. The average Bonchev–Trinajstić information content (AvgIpc) is 2.48. The summed E-state index contributed by atoms with van der Waals surface area (Å²) in [5.74, 6) is 6.01. The van der Waals surface area contributed by atoms with Crippen molar-refractivity contribution in [1.82, 2.24) is 5.43 Å². The molecule has 0 saturated heterocycles. The molecule has 2 aromatic rings. The Bertz CT molecular complexity index is 551. The van der Waals surface area contributed by atoms with Crippen LogP contribution >= 0.6 is 23.4 Å². The Labute approximate surface area is 127 Å². The monoisotopic (exact) mass is 310 g/mol. The summed E-state index contributed by atoms with van der Waals surface area (Å²) in [7, 11) is 0. The van der Waals surface area contributed by atoms with Gasteiger partial charge in [-0.05, 0) is 36.2 Å².